The normalized spacial score (nSPS) is 12.5. The lowest BCUT2D eigenvalue weighted by Gasteiger charge is -2.18. The van der Waals surface area contributed by atoms with Crippen molar-refractivity contribution in [3.63, 3.8) is 0 Å². The van der Waals surface area contributed by atoms with Gasteiger partial charge >= 0.3 is 0 Å². The fraction of sp³-hybridized carbons (Fsp3) is 0.150. The van der Waals surface area contributed by atoms with Crippen molar-refractivity contribution in [2.45, 2.75) is 23.7 Å². The highest BCUT2D eigenvalue weighted by atomic mass is 79.9. The van der Waals surface area contributed by atoms with Crippen molar-refractivity contribution in [2.24, 2.45) is 0 Å². The van der Waals surface area contributed by atoms with Crippen LogP contribution in [0.2, 0.25) is 0 Å². The number of aryl methyl sites for hydroxylation is 1. The van der Waals surface area contributed by atoms with E-state index < -0.39 is 22.0 Å². The summed E-state index contributed by atoms with van der Waals surface area (Å²) < 4.78 is 28.9. The van der Waals surface area contributed by atoms with Gasteiger partial charge in [0, 0.05) is 6.54 Å². The Hall–Kier alpha value is -2.00. The zero-order valence-corrected chi connectivity index (χ0v) is 18.3. The lowest BCUT2D eigenvalue weighted by molar-refractivity contribution is -0.123. The van der Waals surface area contributed by atoms with Crippen LogP contribution in [0, 0.1) is 6.92 Å². The molecule has 5 nitrogen and oxygen atoms in total. The molecule has 1 amide bonds. The number of benzene rings is 2. The summed E-state index contributed by atoms with van der Waals surface area (Å²) in [6.07, 6.45) is 0. The summed E-state index contributed by atoms with van der Waals surface area (Å²) in [5, 5.41) is 2.82. The molecule has 8 heteroatoms. The molecular formula is C20H19BrN2O3S2. The number of hydrogen-bond donors (Lipinski definition) is 2. The van der Waals surface area contributed by atoms with Gasteiger partial charge in [-0.2, -0.15) is 4.72 Å². The Morgan fingerprint density at radius 1 is 1.04 bits per heavy atom. The van der Waals surface area contributed by atoms with Gasteiger partial charge in [-0.3, -0.25) is 4.79 Å². The highest BCUT2D eigenvalue weighted by Crippen LogP contribution is 2.27. The predicted molar refractivity (Wildman–Crippen MR) is 115 cm³/mol. The Balaban J connectivity index is 1.80. The molecule has 0 aliphatic carbocycles. The minimum absolute atomic E-state index is 0.145. The van der Waals surface area contributed by atoms with Gasteiger partial charge in [0.05, 0.1) is 3.79 Å². The van der Waals surface area contributed by atoms with E-state index in [9.17, 15) is 13.2 Å². The SMILES string of the molecule is Cc1ccc(CNC(=O)[C@@H](NS(=O)(=O)c2ccc(Br)s2)c2ccccc2)cc1. The number of halogens is 1. The van der Waals surface area contributed by atoms with Crippen LogP contribution >= 0.6 is 27.3 Å². The number of sulfonamides is 1. The highest BCUT2D eigenvalue weighted by molar-refractivity contribution is 9.11. The molecule has 1 aromatic heterocycles. The monoisotopic (exact) mass is 478 g/mol. The average molecular weight is 479 g/mol. The molecule has 0 unspecified atom stereocenters. The van der Waals surface area contributed by atoms with Gasteiger partial charge in [-0.25, -0.2) is 8.42 Å². The van der Waals surface area contributed by atoms with Crippen LogP contribution in [0.1, 0.15) is 22.7 Å². The molecule has 28 heavy (non-hydrogen) atoms. The van der Waals surface area contributed by atoms with Crippen molar-refractivity contribution in [3.05, 3.63) is 87.2 Å². The summed E-state index contributed by atoms with van der Waals surface area (Å²) in [7, 11) is -3.84. The van der Waals surface area contributed by atoms with Crippen molar-refractivity contribution in [3.8, 4) is 0 Å². The molecule has 0 aliphatic heterocycles. The second kappa shape index (κ2) is 9.00. The first-order valence-electron chi connectivity index (χ1n) is 8.51. The van der Waals surface area contributed by atoms with Gasteiger partial charge < -0.3 is 5.32 Å². The summed E-state index contributed by atoms with van der Waals surface area (Å²) in [4.78, 5) is 12.9. The largest absolute Gasteiger partial charge is 0.350 e. The number of thiophene rings is 1. The van der Waals surface area contributed by atoms with Crippen LogP contribution in [-0.4, -0.2) is 14.3 Å². The molecule has 0 bridgehead atoms. The van der Waals surface area contributed by atoms with Crippen molar-refractivity contribution in [1.29, 1.82) is 0 Å². The Morgan fingerprint density at radius 2 is 1.71 bits per heavy atom. The quantitative estimate of drug-likeness (QED) is 0.535. The van der Waals surface area contributed by atoms with E-state index in [1.54, 1.807) is 30.3 Å². The van der Waals surface area contributed by atoms with Crippen LogP contribution in [-0.2, 0) is 21.4 Å². The number of rotatable bonds is 7. The van der Waals surface area contributed by atoms with Crippen LogP contribution in [0.5, 0.6) is 0 Å². The molecule has 0 saturated carbocycles. The van der Waals surface area contributed by atoms with Gasteiger partial charge in [-0.05, 0) is 46.1 Å². The van der Waals surface area contributed by atoms with Crippen LogP contribution < -0.4 is 10.0 Å². The van der Waals surface area contributed by atoms with Crippen LogP contribution in [0.25, 0.3) is 0 Å². The number of hydrogen-bond acceptors (Lipinski definition) is 4. The zero-order chi connectivity index (χ0) is 20.1. The Kier molecular flexibility index (Phi) is 6.66. The number of carbonyl (C=O) groups is 1. The summed E-state index contributed by atoms with van der Waals surface area (Å²) in [5.74, 6) is -0.411. The van der Waals surface area contributed by atoms with E-state index in [4.69, 9.17) is 0 Å². The third kappa shape index (κ3) is 5.29. The molecule has 0 spiro atoms. The first-order valence-corrected chi connectivity index (χ1v) is 11.6. The van der Waals surface area contributed by atoms with E-state index in [-0.39, 0.29) is 4.21 Å². The molecule has 3 rings (SSSR count). The lowest BCUT2D eigenvalue weighted by atomic mass is 10.1. The van der Waals surface area contributed by atoms with Crippen molar-refractivity contribution >= 4 is 43.2 Å². The molecule has 3 aromatic rings. The Bertz CT molecular complexity index is 1050. The smallest absolute Gasteiger partial charge is 0.251 e. The van der Waals surface area contributed by atoms with E-state index in [1.807, 2.05) is 37.3 Å². The highest BCUT2D eigenvalue weighted by Gasteiger charge is 2.28. The van der Waals surface area contributed by atoms with Gasteiger partial charge in [0.2, 0.25) is 5.91 Å². The molecule has 146 valence electrons. The summed E-state index contributed by atoms with van der Waals surface area (Å²) in [6.45, 7) is 2.31. The third-order valence-electron chi connectivity index (χ3n) is 4.07. The number of carbonyl (C=O) groups excluding carboxylic acids is 1. The molecule has 0 aliphatic rings. The fourth-order valence-corrected chi connectivity index (χ4v) is 5.78. The van der Waals surface area contributed by atoms with E-state index in [0.717, 1.165) is 22.5 Å². The zero-order valence-electron chi connectivity index (χ0n) is 15.1. The van der Waals surface area contributed by atoms with Gasteiger partial charge in [0.25, 0.3) is 10.0 Å². The Morgan fingerprint density at radius 3 is 2.32 bits per heavy atom. The Labute approximate surface area is 177 Å². The second-order valence-electron chi connectivity index (χ2n) is 6.23. The lowest BCUT2D eigenvalue weighted by Crippen LogP contribution is -2.40. The van der Waals surface area contributed by atoms with Crippen LogP contribution in [0.3, 0.4) is 0 Å². The molecule has 2 aromatic carbocycles. The van der Waals surface area contributed by atoms with E-state index in [2.05, 4.69) is 26.0 Å². The molecule has 0 radical (unpaired) electrons. The molecular weight excluding hydrogens is 460 g/mol. The maximum Gasteiger partial charge on any atom is 0.251 e. The molecule has 0 saturated heterocycles. The summed E-state index contributed by atoms with van der Waals surface area (Å²) >= 11 is 4.36. The van der Waals surface area contributed by atoms with Gasteiger partial charge in [-0.1, -0.05) is 60.2 Å². The van der Waals surface area contributed by atoms with Gasteiger partial charge in [-0.15, -0.1) is 11.3 Å². The van der Waals surface area contributed by atoms with Crippen molar-refractivity contribution in [1.82, 2.24) is 10.0 Å². The van der Waals surface area contributed by atoms with E-state index >= 15 is 0 Å². The molecule has 0 fully saturated rings. The van der Waals surface area contributed by atoms with Crippen molar-refractivity contribution < 1.29 is 13.2 Å². The molecule has 1 heterocycles. The average Bonchev–Trinajstić information content (AvgIpc) is 3.13. The topological polar surface area (TPSA) is 75.3 Å². The van der Waals surface area contributed by atoms with E-state index in [1.165, 1.54) is 6.07 Å². The minimum atomic E-state index is -3.84. The number of nitrogens with one attached hydrogen (secondary N) is 2. The van der Waals surface area contributed by atoms with Crippen molar-refractivity contribution in [2.75, 3.05) is 0 Å². The molecule has 2 N–H and O–H groups in total. The summed E-state index contributed by atoms with van der Waals surface area (Å²) in [6, 6.07) is 18.7. The van der Waals surface area contributed by atoms with Crippen LogP contribution in [0.4, 0.5) is 0 Å². The molecule has 1 atom stereocenters. The van der Waals surface area contributed by atoms with Crippen LogP contribution in [0.15, 0.2) is 74.7 Å². The first kappa shape index (κ1) is 20.7. The summed E-state index contributed by atoms with van der Waals surface area (Å²) in [5.41, 5.74) is 2.64. The predicted octanol–water partition coefficient (Wildman–Crippen LogP) is 4.16. The maximum absolute atomic E-state index is 12.9. The van der Waals surface area contributed by atoms with Gasteiger partial charge in [0.1, 0.15) is 10.3 Å². The minimum Gasteiger partial charge on any atom is -0.350 e. The van der Waals surface area contributed by atoms with E-state index in [0.29, 0.717) is 15.9 Å². The fourth-order valence-electron chi connectivity index (χ4n) is 2.57. The number of amides is 1. The second-order valence-corrected chi connectivity index (χ2v) is 10.6. The standard InChI is InChI=1S/C20H19BrN2O3S2/c1-14-7-9-15(10-8-14)13-22-20(24)19(16-5-3-2-4-6-16)23-28(25,26)18-12-11-17(21)27-18/h2-12,19,23H,13H2,1H3,(H,22,24)/t19-/m0/s1. The van der Waals surface area contributed by atoms with Gasteiger partial charge in [0.15, 0.2) is 0 Å². The maximum atomic E-state index is 12.9. The first-order chi connectivity index (χ1) is 13.3. The third-order valence-corrected chi connectivity index (χ3v) is 7.61.